The fourth-order valence-corrected chi connectivity index (χ4v) is 4.80. The van der Waals surface area contributed by atoms with Gasteiger partial charge in [-0.2, -0.15) is 0 Å². The number of hydrogen-bond acceptors (Lipinski definition) is 6. The molecule has 0 aromatic heterocycles. The SMILES string of the molecule is CCOC(=O)[C@H](CCc1ccccc1)N[C@@H](C)C(=O)N1[C@@H](C(=O)OC(C)(C)C)C[C@@H]2CC=C[C@H]21. The summed E-state index contributed by atoms with van der Waals surface area (Å²) in [6.45, 7) is 9.26. The Morgan fingerprint density at radius 3 is 2.53 bits per heavy atom. The summed E-state index contributed by atoms with van der Waals surface area (Å²) < 4.78 is 10.9. The minimum Gasteiger partial charge on any atom is -0.465 e. The molecule has 1 aromatic carbocycles. The number of likely N-dealkylation sites (tertiary alicyclic amines) is 1. The number of benzene rings is 1. The van der Waals surface area contributed by atoms with E-state index in [0.29, 0.717) is 19.3 Å². The highest BCUT2D eigenvalue weighted by atomic mass is 16.6. The van der Waals surface area contributed by atoms with Gasteiger partial charge in [0, 0.05) is 0 Å². The first-order valence-electron chi connectivity index (χ1n) is 12.3. The maximum absolute atomic E-state index is 13.6. The fourth-order valence-electron chi connectivity index (χ4n) is 4.80. The van der Waals surface area contributed by atoms with Crippen LogP contribution in [0.1, 0.15) is 59.4 Å². The Morgan fingerprint density at radius 2 is 1.88 bits per heavy atom. The molecular formula is C27H38N2O5. The molecule has 1 amide bonds. The zero-order valence-corrected chi connectivity index (χ0v) is 21.0. The third kappa shape index (κ3) is 6.47. The molecule has 34 heavy (non-hydrogen) atoms. The van der Waals surface area contributed by atoms with E-state index < -0.39 is 23.7 Å². The normalized spacial score (nSPS) is 23.3. The number of esters is 2. The van der Waals surface area contributed by atoms with Gasteiger partial charge < -0.3 is 14.4 Å². The molecule has 3 rings (SSSR count). The molecule has 1 aliphatic carbocycles. The van der Waals surface area contributed by atoms with E-state index in [4.69, 9.17) is 9.47 Å². The van der Waals surface area contributed by atoms with Crippen LogP contribution in [0.4, 0.5) is 0 Å². The molecule has 1 heterocycles. The van der Waals surface area contributed by atoms with Crippen LogP contribution in [-0.2, 0) is 30.3 Å². The smallest absolute Gasteiger partial charge is 0.329 e. The minimum atomic E-state index is -0.664. The van der Waals surface area contributed by atoms with E-state index in [2.05, 4.69) is 11.4 Å². The van der Waals surface area contributed by atoms with Crippen LogP contribution in [0.3, 0.4) is 0 Å². The van der Waals surface area contributed by atoms with Gasteiger partial charge in [-0.15, -0.1) is 0 Å². The van der Waals surface area contributed by atoms with Crippen LogP contribution in [0, 0.1) is 5.92 Å². The first-order chi connectivity index (χ1) is 16.1. The molecule has 1 aliphatic heterocycles. The summed E-state index contributed by atoms with van der Waals surface area (Å²) >= 11 is 0. The first-order valence-corrected chi connectivity index (χ1v) is 12.3. The van der Waals surface area contributed by atoms with Crippen LogP contribution in [0.5, 0.6) is 0 Å². The third-order valence-corrected chi connectivity index (χ3v) is 6.33. The van der Waals surface area contributed by atoms with Gasteiger partial charge >= 0.3 is 11.9 Å². The first kappa shape index (κ1) is 25.9. The van der Waals surface area contributed by atoms with Gasteiger partial charge in [0.25, 0.3) is 0 Å². The summed E-state index contributed by atoms with van der Waals surface area (Å²) in [5.41, 5.74) is 0.483. The van der Waals surface area contributed by atoms with Gasteiger partial charge in [-0.3, -0.25) is 14.9 Å². The molecule has 7 nitrogen and oxygen atoms in total. The second kappa shape index (κ2) is 11.2. The Morgan fingerprint density at radius 1 is 1.18 bits per heavy atom. The molecule has 1 fully saturated rings. The van der Waals surface area contributed by atoms with Crippen molar-refractivity contribution in [2.24, 2.45) is 5.92 Å². The summed E-state index contributed by atoms with van der Waals surface area (Å²) in [7, 11) is 0. The number of ether oxygens (including phenoxy) is 2. The third-order valence-electron chi connectivity index (χ3n) is 6.33. The van der Waals surface area contributed by atoms with Gasteiger partial charge in [-0.1, -0.05) is 42.5 Å². The Kier molecular flexibility index (Phi) is 8.52. The van der Waals surface area contributed by atoms with Crippen molar-refractivity contribution in [2.75, 3.05) is 6.61 Å². The monoisotopic (exact) mass is 470 g/mol. The lowest BCUT2D eigenvalue weighted by Gasteiger charge is -2.33. The Hall–Kier alpha value is -2.67. The highest BCUT2D eigenvalue weighted by Crippen LogP contribution is 2.38. The van der Waals surface area contributed by atoms with Crippen molar-refractivity contribution < 1.29 is 23.9 Å². The number of allylic oxidation sites excluding steroid dienone is 1. The number of rotatable bonds is 9. The maximum Gasteiger partial charge on any atom is 0.329 e. The predicted octanol–water partition coefficient (Wildman–Crippen LogP) is 3.42. The number of amides is 1. The van der Waals surface area contributed by atoms with E-state index in [9.17, 15) is 14.4 Å². The molecule has 0 unspecified atom stereocenters. The summed E-state index contributed by atoms with van der Waals surface area (Å²) in [6, 6.07) is 7.86. The van der Waals surface area contributed by atoms with Crippen LogP contribution in [0.2, 0.25) is 0 Å². The molecule has 1 N–H and O–H groups in total. The van der Waals surface area contributed by atoms with E-state index in [1.165, 1.54) is 0 Å². The number of nitrogens with zero attached hydrogens (tertiary/aromatic N) is 1. The summed E-state index contributed by atoms with van der Waals surface area (Å²) in [4.78, 5) is 40.9. The van der Waals surface area contributed by atoms with E-state index >= 15 is 0 Å². The van der Waals surface area contributed by atoms with Crippen LogP contribution >= 0.6 is 0 Å². The molecule has 186 valence electrons. The van der Waals surface area contributed by atoms with Crippen LogP contribution in [-0.4, -0.2) is 59.1 Å². The molecule has 1 aromatic rings. The average Bonchev–Trinajstić information content (AvgIpc) is 3.37. The van der Waals surface area contributed by atoms with Crippen molar-refractivity contribution >= 4 is 17.8 Å². The van der Waals surface area contributed by atoms with Gasteiger partial charge in [-0.25, -0.2) is 4.79 Å². The fraction of sp³-hybridized carbons (Fsp3) is 0.593. The quantitative estimate of drug-likeness (QED) is 0.440. The van der Waals surface area contributed by atoms with E-state index in [1.807, 2.05) is 57.2 Å². The van der Waals surface area contributed by atoms with Crippen molar-refractivity contribution in [1.82, 2.24) is 10.2 Å². The zero-order valence-electron chi connectivity index (χ0n) is 21.0. The molecule has 7 heteroatoms. The lowest BCUT2D eigenvalue weighted by Crippen LogP contribution is -2.55. The lowest BCUT2D eigenvalue weighted by molar-refractivity contribution is -0.164. The maximum atomic E-state index is 13.6. The molecular weight excluding hydrogens is 432 g/mol. The number of carbonyl (C=O) groups is 3. The van der Waals surface area contributed by atoms with Gasteiger partial charge in [0.2, 0.25) is 5.91 Å². The molecule has 1 saturated heterocycles. The van der Waals surface area contributed by atoms with E-state index in [1.54, 1.807) is 18.7 Å². The summed E-state index contributed by atoms with van der Waals surface area (Å²) in [5.74, 6) is -0.736. The second-order valence-corrected chi connectivity index (χ2v) is 10.2. The van der Waals surface area contributed by atoms with Gasteiger partial charge in [0.1, 0.15) is 17.7 Å². The van der Waals surface area contributed by atoms with Crippen molar-refractivity contribution in [2.45, 2.75) is 90.1 Å². The van der Waals surface area contributed by atoms with Crippen molar-refractivity contribution in [3.05, 3.63) is 48.0 Å². The Labute approximate surface area is 202 Å². The topological polar surface area (TPSA) is 84.9 Å². The van der Waals surface area contributed by atoms with Crippen molar-refractivity contribution in [3.63, 3.8) is 0 Å². The van der Waals surface area contributed by atoms with Gasteiger partial charge in [0.15, 0.2) is 0 Å². The Balaban J connectivity index is 1.73. The number of carbonyl (C=O) groups excluding carboxylic acids is 3. The molecule has 0 radical (unpaired) electrons. The van der Waals surface area contributed by atoms with E-state index in [0.717, 1.165) is 12.0 Å². The Bertz CT molecular complexity index is 892. The van der Waals surface area contributed by atoms with Gasteiger partial charge in [0.05, 0.1) is 18.7 Å². The zero-order chi connectivity index (χ0) is 24.9. The lowest BCUT2D eigenvalue weighted by atomic mass is 10.0. The van der Waals surface area contributed by atoms with E-state index in [-0.39, 0.29) is 36.4 Å². The highest BCUT2D eigenvalue weighted by molar-refractivity contribution is 5.89. The predicted molar refractivity (Wildman–Crippen MR) is 130 cm³/mol. The molecule has 0 saturated carbocycles. The molecule has 2 aliphatic rings. The van der Waals surface area contributed by atoms with Crippen LogP contribution < -0.4 is 5.32 Å². The molecule has 0 bridgehead atoms. The molecule has 0 spiro atoms. The van der Waals surface area contributed by atoms with Crippen molar-refractivity contribution in [1.29, 1.82) is 0 Å². The number of aryl methyl sites for hydroxylation is 1. The molecule has 5 atom stereocenters. The summed E-state index contributed by atoms with van der Waals surface area (Å²) in [5, 5.41) is 3.19. The van der Waals surface area contributed by atoms with Crippen LogP contribution in [0.25, 0.3) is 0 Å². The van der Waals surface area contributed by atoms with Gasteiger partial charge in [-0.05, 0) is 71.8 Å². The largest absolute Gasteiger partial charge is 0.465 e. The number of nitrogens with one attached hydrogen (secondary N) is 1. The highest BCUT2D eigenvalue weighted by Gasteiger charge is 2.49. The summed E-state index contributed by atoms with van der Waals surface area (Å²) in [6.07, 6.45) is 6.69. The number of hydrogen-bond donors (Lipinski definition) is 1. The minimum absolute atomic E-state index is 0.125. The second-order valence-electron chi connectivity index (χ2n) is 10.2. The standard InChI is InChI=1S/C27H38N2O5/c1-6-33-25(31)21(16-15-19-11-8-7-9-12-19)28-18(2)24(30)29-22-14-10-13-20(22)17-23(29)26(32)34-27(3,4)5/h7-12,14,18,20-23,28H,6,13,15-17H2,1-5H3/t18-,20-,21-,22+,23+/m0/s1. The van der Waals surface area contributed by atoms with Crippen molar-refractivity contribution in [3.8, 4) is 0 Å². The number of fused-ring (bicyclic) bond motifs is 1. The average molecular weight is 471 g/mol. The van der Waals surface area contributed by atoms with Crippen LogP contribution in [0.15, 0.2) is 42.5 Å².